The molecule has 4 aliphatic rings. The molecule has 4 aliphatic heterocycles. The SMILES string of the molecule is CS1(=O)=NC(C2=C(O)[C@H]3[C@H]([C@@H]4CC[C@H]3O4)N(Cc3ccc(F)cc3)C2=O)=Nc2ccc(N)cc21. The minimum Gasteiger partial charge on any atom is -0.511 e. The fraction of sp³-hybridized carbons (Fsp3) is 0.333. The zero-order valence-electron chi connectivity index (χ0n) is 18.3. The lowest BCUT2D eigenvalue weighted by Gasteiger charge is -2.41. The van der Waals surface area contributed by atoms with Crippen molar-refractivity contribution < 1.29 is 23.2 Å². The first kappa shape index (κ1) is 21.3. The molecule has 6 rings (SSSR count). The molecular formula is C24H23FN4O4S. The Labute approximate surface area is 196 Å². The van der Waals surface area contributed by atoms with Gasteiger partial charge in [0, 0.05) is 18.5 Å². The number of nitrogen functional groups attached to an aromatic ring is 1. The van der Waals surface area contributed by atoms with Crippen LogP contribution in [0.25, 0.3) is 0 Å². The summed E-state index contributed by atoms with van der Waals surface area (Å²) in [5.41, 5.74) is 7.38. The lowest BCUT2D eigenvalue weighted by molar-refractivity contribution is -0.133. The Morgan fingerprint density at radius 2 is 1.94 bits per heavy atom. The second-order valence-electron chi connectivity index (χ2n) is 9.18. The predicted octanol–water partition coefficient (Wildman–Crippen LogP) is 3.31. The van der Waals surface area contributed by atoms with Gasteiger partial charge in [-0.2, -0.15) is 4.36 Å². The average Bonchev–Trinajstić information content (AvgIpc) is 3.40. The van der Waals surface area contributed by atoms with Crippen LogP contribution < -0.4 is 5.73 Å². The average molecular weight is 483 g/mol. The number of aliphatic hydroxyl groups excluding tert-OH is 1. The van der Waals surface area contributed by atoms with Crippen LogP contribution in [0.3, 0.4) is 0 Å². The number of nitrogens with zero attached hydrogens (tertiary/aromatic N) is 3. The number of anilines is 1. The summed E-state index contributed by atoms with van der Waals surface area (Å²) in [6, 6.07) is 10.5. The minimum atomic E-state index is -2.95. The maximum atomic E-state index is 13.8. The van der Waals surface area contributed by atoms with Crippen LogP contribution in [0.4, 0.5) is 15.8 Å². The number of rotatable bonds is 3. The molecule has 34 heavy (non-hydrogen) atoms. The quantitative estimate of drug-likeness (QED) is 0.651. The molecule has 0 radical (unpaired) electrons. The predicted molar refractivity (Wildman–Crippen MR) is 124 cm³/mol. The van der Waals surface area contributed by atoms with Crippen LogP contribution in [0.1, 0.15) is 18.4 Å². The zero-order valence-corrected chi connectivity index (χ0v) is 19.2. The van der Waals surface area contributed by atoms with Crippen LogP contribution in [0, 0.1) is 11.7 Å². The van der Waals surface area contributed by atoms with Gasteiger partial charge < -0.3 is 20.5 Å². The normalized spacial score (nSPS) is 31.8. The van der Waals surface area contributed by atoms with Gasteiger partial charge in [0.25, 0.3) is 5.91 Å². The van der Waals surface area contributed by atoms with Crippen molar-refractivity contribution in [3.8, 4) is 0 Å². The number of benzene rings is 2. The number of fused-ring (bicyclic) bond motifs is 6. The fourth-order valence-corrected chi connectivity index (χ4v) is 6.91. The van der Waals surface area contributed by atoms with Crippen molar-refractivity contribution in [1.29, 1.82) is 0 Å². The van der Waals surface area contributed by atoms with Gasteiger partial charge in [-0.05, 0) is 48.7 Å². The molecule has 4 heterocycles. The molecule has 2 bridgehead atoms. The molecule has 5 atom stereocenters. The van der Waals surface area contributed by atoms with Crippen LogP contribution in [0.15, 0.2) is 68.0 Å². The number of carbonyl (C=O) groups is 1. The molecule has 0 saturated carbocycles. The van der Waals surface area contributed by atoms with Crippen LogP contribution >= 0.6 is 0 Å². The molecule has 0 spiro atoms. The molecule has 2 saturated heterocycles. The fourth-order valence-electron chi connectivity index (χ4n) is 5.49. The Balaban J connectivity index is 1.48. The maximum absolute atomic E-state index is 13.8. The molecule has 176 valence electrons. The highest BCUT2D eigenvalue weighted by molar-refractivity contribution is 7.93. The Hall–Kier alpha value is -3.24. The van der Waals surface area contributed by atoms with E-state index in [1.807, 2.05) is 0 Å². The number of amidine groups is 1. The second kappa shape index (κ2) is 7.38. The third-order valence-electron chi connectivity index (χ3n) is 7.01. The van der Waals surface area contributed by atoms with Crippen LogP contribution in [-0.2, 0) is 25.8 Å². The van der Waals surface area contributed by atoms with E-state index in [0.717, 1.165) is 18.4 Å². The first-order chi connectivity index (χ1) is 16.2. The van der Waals surface area contributed by atoms with E-state index in [9.17, 15) is 18.5 Å². The number of nitrogens with two attached hydrogens (primary N) is 1. The summed E-state index contributed by atoms with van der Waals surface area (Å²) in [5.74, 6) is -1.42. The first-order valence-electron chi connectivity index (χ1n) is 11.1. The number of ether oxygens (including phenoxy) is 1. The van der Waals surface area contributed by atoms with Gasteiger partial charge >= 0.3 is 0 Å². The summed E-state index contributed by atoms with van der Waals surface area (Å²) in [5, 5.41) is 11.3. The van der Waals surface area contributed by atoms with E-state index in [2.05, 4.69) is 9.36 Å². The van der Waals surface area contributed by atoms with E-state index >= 15 is 0 Å². The number of hydrogen-bond donors (Lipinski definition) is 2. The summed E-state index contributed by atoms with van der Waals surface area (Å²) in [6.07, 6.45) is 2.62. The molecule has 8 nitrogen and oxygen atoms in total. The summed E-state index contributed by atoms with van der Waals surface area (Å²) in [6.45, 7) is 0.214. The number of amides is 1. The summed E-state index contributed by atoms with van der Waals surface area (Å²) in [7, 11) is -2.95. The highest BCUT2D eigenvalue weighted by atomic mass is 32.2. The smallest absolute Gasteiger partial charge is 0.261 e. The van der Waals surface area contributed by atoms with Gasteiger partial charge in [0.1, 0.15) is 17.1 Å². The standard InChI is InChI=1S/C24H23FN4O4S/c1-34(32)18-10-14(26)6-7-15(18)27-23(28-34)20-22(30)19-16-8-9-17(33-16)21(19)29(24(20)31)11-12-2-4-13(25)5-3-12/h2-7,10,16-17,19,21,30H,8-9,11,26H2,1H3/t16-,17+,19-,21+,34?/m1/s1. The Bertz CT molecular complexity index is 1410. The van der Waals surface area contributed by atoms with Gasteiger partial charge in [-0.25, -0.2) is 13.6 Å². The van der Waals surface area contributed by atoms with E-state index in [1.165, 1.54) is 18.4 Å². The third kappa shape index (κ3) is 3.16. The molecule has 2 aromatic rings. The lowest BCUT2D eigenvalue weighted by atomic mass is 9.78. The highest BCUT2D eigenvalue weighted by Crippen LogP contribution is 2.49. The number of aliphatic imine (C=N–C) groups is 1. The highest BCUT2D eigenvalue weighted by Gasteiger charge is 2.58. The van der Waals surface area contributed by atoms with Crippen molar-refractivity contribution in [3.63, 3.8) is 0 Å². The van der Waals surface area contributed by atoms with Gasteiger partial charge in [0.2, 0.25) is 0 Å². The molecular weight excluding hydrogens is 459 g/mol. The molecule has 0 aromatic heterocycles. The summed E-state index contributed by atoms with van der Waals surface area (Å²) < 4.78 is 37.3. The first-order valence-corrected chi connectivity index (χ1v) is 13.0. The number of aliphatic hydroxyl groups is 1. The zero-order chi connectivity index (χ0) is 23.8. The van der Waals surface area contributed by atoms with Gasteiger partial charge in [-0.1, -0.05) is 12.1 Å². The van der Waals surface area contributed by atoms with E-state index < -0.39 is 21.6 Å². The molecule has 0 aliphatic carbocycles. The van der Waals surface area contributed by atoms with E-state index in [4.69, 9.17) is 10.5 Å². The van der Waals surface area contributed by atoms with Crippen molar-refractivity contribution >= 4 is 32.8 Å². The minimum absolute atomic E-state index is 0.0578. The Morgan fingerprint density at radius 3 is 2.71 bits per heavy atom. The van der Waals surface area contributed by atoms with Crippen LogP contribution in [0.2, 0.25) is 0 Å². The van der Waals surface area contributed by atoms with Crippen LogP contribution in [0.5, 0.6) is 0 Å². The summed E-state index contributed by atoms with van der Waals surface area (Å²) in [4.78, 5) is 20.4. The lowest BCUT2D eigenvalue weighted by Crippen LogP contribution is -2.55. The maximum Gasteiger partial charge on any atom is 0.261 e. The topological polar surface area (TPSA) is 118 Å². The van der Waals surface area contributed by atoms with Gasteiger partial charge in [-0.3, -0.25) is 4.79 Å². The number of carbonyl (C=O) groups excluding carboxylic acids is 1. The number of hydrogen-bond acceptors (Lipinski definition) is 7. The monoisotopic (exact) mass is 482 g/mol. The Kier molecular flexibility index (Phi) is 4.62. The third-order valence-corrected chi connectivity index (χ3v) is 8.67. The molecule has 3 N–H and O–H groups in total. The summed E-state index contributed by atoms with van der Waals surface area (Å²) >= 11 is 0. The largest absolute Gasteiger partial charge is 0.511 e. The van der Waals surface area contributed by atoms with E-state index in [-0.39, 0.29) is 47.8 Å². The van der Waals surface area contributed by atoms with Gasteiger partial charge in [-0.15, -0.1) is 0 Å². The molecule has 1 unspecified atom stereocenters. The Morgan fingerprint density at radius 1 is 1.21 bits per heavy atom. The molecule has 2 aromatic carbocycles. The van der Waals surface area contributed by atoms with Crippen molar-refractivity contribution in [2.24, 2.45) is 15.3 Å². The van der Waals surface area contributed by atoms with Crippen molar-refractivity contribution in [3.05, 3.63) is 65.2 Å². The van der Waals surface area contributed by atoms with E-state index in [0.29, 0.717) is 16.3 Å². The van der Waals surface area contributed by atoms with Crippen molar-refractivity contribution in [1.82, 2.24) is 4.90 Å². The van der Waals surface area contributed by atoms with E-state index in [1.54, 1.807) is 35.2 Å². The van der Waals surface area contributed by atoms with Crippen molar-refractivity contribution in [2.45, 2.75) is 42.5 Å². The van der Waals surface area contributed by atoms with Crippen LogP contribution in [-0.4, -0.2) is 50.5 Å². The van der Waals surface area contributed by atoms with Crippen molar-refractivity contribution in [2.75, 3.05) is 12.0 Å². The molecule has 2 fully saturated rings. The second-order valence-corrected chi connectivity index (χ2v) is 11.4. The van der Waals surface area contributed by atoms with Gasteiger partial charge in [0.05, 0.1) is 44.5 Å². The molecule has 10 heteroatoms. The van der Waals surface area contributed by atoms with Gasteiger partial charge in [0.15, 0.2) is 5.84 Å². The molecule has 1 amide bonds. The number of halogens is 1.